The van der Waals surface area contributed by atoms with Crippen molar-refractivity contribution in [3.8, 4) is 17.2 Å². The fraction of sp³-hybridized carbons (Fsp3) is 0.294. The second-order valence-electron chi connectivity index (χ2n) is 11.0. The first-order valence-corrected chi connectivity index (χ1v) is 14.2. The van der Waals surface area contributed by atoms with Crippen LogP contribution in [0.25, 0.3) is 10.9 Å². The van der Waals surface area contributed by atoms with Crippen LogP contribution in [0.15, 0.2) is 78.1 Å². The first-order chi connectivity index (χ1) is 20.3. The number of hydrogen-bond acceptors (Lipinski definition) is 6. The Morgan fingerprint density at radius 3 is 2.50 bits per heavy atom. The number of methoxy groups -OCH3 is 2. The van der Waals surface area contributed by atoms with Gasteiger partial charge in [0.15, 0.2) is 11.5 Å². The van der Waals surface area contributed by atoms with Crippen LogP contribution in [-0.4, -0.2) is 48.7 Å². The summed E-state index contributed by atoms with van der Waals surface area (Å²) in [5.74, 6) is 1.09. The van der Waals surface area contributed by atoms with Gasteiger partial charge in [-0.25, -0.2) is 0 Å². The summed E-state index contributed by atoms with van der Waals surface area (Å²) in [4.78, 5) is 27.6. The maximum Gasteiger partial charge on any atom is 0.259 e. The number of ether oxygens (including phenoxy) is 3. The van der Waals surface area contributed by atoms with Crippen LogP contribution in [0.2, 0.25) is 0 Å². The molecule has 0 unspecified atom stereocenters. The topological polar surface area (TPSA) is 82.0 Å². The van der Waals surface area contributed by atoms with Gasteiger partial charge in [-0.1, -0.05) is 24.3 Å². The lowest BCUT2D eigenvalue weighted by molar-refractivity contribution is -0.139. The smallest absolute Gasteiger partial charge is 0.259 e. The molecule has 0 aliphatic carbocycles. The SMILES string of the molecule is COc1ccc(CCOc2ccc([C@H]3C4=C(CN(C(C)=O)C4=O)Nc4cccc5c4c3cn5C(C)C)cc2OC)cc1. The van der Waals surface area contributed by atoms with Crippen molar-refractivity contribution in [2.45, 2.75) is 39.2 Å². The summed E-state index contributed by atoms with van der Waals surface area (Å²) in [6.07, 6.45) is 2.88. The average Bonchev–Trinajstić information content (AvgIpc) is 3.49. The molecule has 2 amide bonds. The van der Waals surface area contributed by atoms with Crippen molar-refractivity contribution in [1.29, 1.82) is 0 Å². The molecule has 3 heterocycles. The lowest BCUT2D eigenvalue weighted by Gasteiger charge is -2.21. The van der Waals surface area contributed by atoms with Crippen LogP contribution >= 0.6 is 0 Å². The molecule has 1 aromatic heterocycles. The number of imide groups is 1. The number of benzene rings is 3. The standard InChI is InChI=1S/C34H35N3O5/c1-20(2)36-18-25-31(33-27(19-37(21(3)38)34(33)39)35-26-7-6-8-28(36)32(25)26)23-11-14-29(30(17-23)41-5)42-16-15-22-9-12-24(40-4)13-10-22/h6-14,17-18,20,31,35H,15-16,19H2,1-5H3/t31-/m1/s1. The molecule has 2 aliphatic heterocycles. The molecule has 0 saturated carbocycles. The summed E-state index contributed by atoms with van der Waals surface area (Å²) in [7, 11) is 3.27. The van der Waals surface area contributed by atoms with Gasteiger partial charge in [0.05, 0.1) is 38.5 Å². The molecule has 0 spiro atoms. The fourth-order valence-electron chi connectivity index (χ4n) is 6.06. The molecule has 1 atom stereocenters. The van der Waals surface area contributed by atoms with E-state index in [0.717, 1.165) is 51.1 Å². The van der Waals surface area contributed by atoms with Crippen molar-refractivity contribution in [2.75, 3.05) is 32.7 Å². The molecule has 4 aromatic rings. The van der Waals surface area contributed by atoms with Gasteiger partial charge in [-0.2, -0.15) is 0 Å². The van der Waals surface area contributed by atoms with Crippen molar-refractivity contribution >= 4 is 28.4 Å². The Balaban J connectivity index is 1.40. The van der Waals surface area contributed by atoms with Crippen LogP contribution in [0.3, 0.4) is 0 Å². The minimum atomic E-state index is -0.405. The number of carbonyl (C=O) groups is 2. The number of nitrogens with one attached hydrogen (secondary N) is 1. The van der Waals surface area contributed by atoms with E-state index in [1.54, 1.807) is 14.2 Å². The summed E-state index contributed by atoms with van der Waals surface area (Å²) >= 11 is 0. The Hall–Kier alpha value is -4.72. The molecular formula is C34H35N3O5. The Morgan fingerprint density at radius 2 is 1.81 bits per heavy atom. The van der Waals surface area contributed by atoms with Gasteiger partial charge in [-0.05, 0) is 66.9 Å². The van der Waals surface area contributed by atoms with E-state index >= 15 is 0 Å². The molecule has 6 rings (SSSR count). The number of anilines is 1. The van der Waals surface area contributed by atoms with E-state index in [9.17, 15) is 9.59 Å². The third-order valence-electron chi connectivity index (χ3n) is 8.15. The van der Waals surface area contributed by atoms with Crippen LogP contribution in [0.5, 0.6) is 17.2 Å². The molecule has 8 nitrogen and oxygen atoms in total. The summed E-state index contributed by atoms with van der Waals surface area (Å²) in [6.45, 7) is 6.42. The fourth-order valence-corrected chi connectivity index (χ4v) is 6.06. The van der Waals surface area contributed by atoms with E-state index in [-0.39, 0.29) is 24.4 Å². The monoisotopic (exact) mass is 565 g/mol. The average molecular weight is 566 g/mol. The quantitative estimate of drug-likeness (QED) is 0.280. The van der Waals surface area contributed by atoms with Crippen LogP contribution in [0.4, 0.5) is 5.69 Å². The van der Waals surface area contributed by atoms with E-state index in [1.165, 1.54) is 11.8 Å². The molecule has 0 saturated heterocycles. The predicted molar refractivity (Wildman–Crippen MR) is 162 cm³/mol. The van der Waals surface area contributed by atoms with E-state index in [2.05, 4.69) is 36.0 Å². The first kappa shape index (κ1) is 27.4. The highest BCUT2D eigenvalue weighted by Gasteiger charge is 2.42. The molecule has 0 fully saturated rings. The van der Waals surface area contributed by atoms with Crippen molar-refractivity contribution in [1.82, 2.24) is 9.47 Å². The van der Waals surface area contributed by atoms with Crippen LogP contribution < -0.4 is 19.5 Å². The zero-order valence-corrected chi connectivity index (χ0v) is 24.6. The second kappa shape index (κ2) is 10.9. The van der Waals surface area contributed by atoms with Gasteiger partial charge >= 0.3 is 0 Å². The zero-order chi connectivity index (χ0) is 29.5. The molecule has 3 aromatic carbocycles. The highest BCUT2D eigenvalue weighted by atomic mass is 16.5. The van der Waals surface area contributed by atoms with Crippen LogP contribution in [-0.2, 0) is 16.0 Å². The van der Waals surface area contributed by atoms with Gasteiger partial charge in [0, 0.05) is 48.3 Å². The lowest BCUT2D eigenvalue weighted by Crippen LogP contribution is -2.33. The van der Waals surface area contributed by atoms with Crippen molar-refractivity contribution in [3.05, 3.63) is 94.8 Å². The number of aromatic nitrogens is 1. The number of hydrogen-bond donors (Lipinski definition) is 1. The van der Waals surface area contributed by atoms with Gasteiger partial charge in [0.25, 0.3) is 5.91 Å². The summed E-state index contributed by atoms with van der Waals surface area (Å²) in [5, 5.41) is 4.61. The summed E-state index contributed by atoms with van der Waals surface area (Å²) in [5.41, 5.74) is 6.41. The number of nitrogens with zero attached hydrogens (tertiary/aromatic N) is 2. The normalized spacial score (nSPS) is 16.0. The molecule has 0 bridgehead atoms. The summed E-state index contributed by atoms with van der Waals surface area (Å²) < 4.78 is 19.4. The van der Waals surface area contributed by atoms with E-state index in [4.69, 9.17) is 14.2 Å². The molecular weight excluding hydrogens is 530 g/mol. The molecule has 2 aliphatic rings. The Morgan fingerprint density at radius 1 is 1.02 bits per heavy atom. The van der Waals surface area contributed by atoms with Gasteiger partial charge in [0.2, 0.25) is 5.91 Å². The highest BCUT2D eigenvalue weighted by molar-refractivity contribution is 6.11. The maximum absolute atomic E-state index is 13.8. The minimum Gasteiger partial charge on any atom is -0.497 e. The molecule has 1 N–H and O–H groups in total. The molecule has 0 radical (unpaired) electrons. The molecule has 216 valence electrons. The lowest BCUT2D eigenvalue weighted by atomic mass is 9.84. The molecule has 42 heavy (non-hydrogen) atoms. The van der Waals surface area contributed by atoms with Crippen LogP contribution in [0, 0.1) is 0 Å². The number of carbonyl (C=O) groups excluding carboxylic acids is 2. The van der Waals surface area contributed by atoms with Crippen molar-refractivity contribution in [3.63, 3.8) is 0 Å². The Bertz CT molecular complexity index is 1720. The number of rotatable bonds is 8. The third kappa shape index (κ3) is 4.66. The van der Waals surface area contributed by atoms with E-state index in [1.807, 2.05) is 54.6 Å². The van der Waals surface area contributed by atoms with Gasteiger partial charge < -0.3 is 24.1 Å². The molecule has 8 heteroatoms. The minimum absolute atomic E-state index is 0.217. The largest absolute Gasteiger partial charge is 0.497 e. The van der Waals surface area contributed by atoms with Crippen molar-refractivity contribution in [2.24, 2.45) is 0 Å². The van der Waals surface area contributed by atoms with Crippen LogP contribution in [0.1, 0.15) is 49.4 Å². The van der Waals surface area contributed by atoms with E-state index in [0.29, 0.717) is 23.7 Å². The summed E-state index contributed by atoms with van der Waals surface area (Å²) in [6, 6.07) is 20.2. The Labute approximate surface area is 245 Å². The first-order valence-electron chi connectivity index (χ1n) is 14.2. The highest BCUT2D eigenvalue weighted by Crippen LogP contribution is 2.48. The third-order valence-corrected chi connectivity index (χ3v) is 8.15. The van der Waals surface area contributed by atoms with Crippen molar-refractivity contribution < 1.29 is 23.8 Å². The van der Waals surface area contributed by atoms with Gasteiger partial charge in [-0.15, -0.1) is 0 Å². The van der Waals surface area contributed by atoms with E-state index < -0.39 is 5.92 Å². The maximum atomic E-state index is 13.8. The predicted octanol–water partition coefficient (Wildman–Crippen LogP) is 6.06. The van der Waals surface area contributed by atoms with Gasteiger partial charge in [0.1, 0.15) is 5.75 Å². The van der Waals surface area contributed by atoms with Gasteiger partial charge in [-0.3, -0.25) is 14.5 Å². The number of amides is 2. The second-order valence-corrected chi connectivity index (χ2v) is 11.0. The Kier molecular flexibility index (Phi) is 7.14. The zero-order valence-electron chi connectivity index (χ0n) is 24.6.